The Labute approximate surface area is 157 Å². The summed E-state index contributed by atoms with van der Waals surface area (Å²) in [7, 11) is 0. The summed E-state index contributed by atoms with van der Waals surface area (Å²) < 4.78 is 44.4. The Bertz CT molecular complexity index is 1030. The number of carboxylic acids is 1. The van der Waals surface area contributed by atoms with Crippen LogP contribution in [0.4, 0.5) is 13.2 Å². The molecule has 1 N–H and O–H groups in total. The average Bonchev–Trinajstić information content (AvgIpc) is 2.67. The van der Waals surface area contributed by atoms with Gasteiger partial charge in [-0.25, -0.2) is 9.59 Å². The van der Waals surface area contributed by atoms with Crippen LogP contribution < -0.4 is 4.74 Å². The number of hydrogen-bond donors (Lipinski definition) is 1. The quantitative estimate of drug-likeness (QED) is 0.489. The minimum Gasteiger partial charge on any atom is -0.478 e. The van der Waals surface area contributed by atoms with Gasteiger partial charge in [-0.2, -0.15) is 13.2 Å². The molecule has 4 nitrogen and oxygen atoms in total. The summed E-state index contributed by atoms with van der Waals surface area (Å²) >= 11 is 0. The molecule has 0 aliphatic carbocycles. The number of para-hydroxylation sites is 1. The number of alkyl halides is 3. The molecule has 0 saturated heterocycles. The van der Waals surface area contributed by atoms with Crippen LogP contribution in [0.1, 0.15) is 26.3 Å². The van der Waals surface area contributed by atoms with Gasteiger partial charge in [-0.15, -0.1) is 0 Å². The summed E-state index contributed by atoms with van der Waals surface area (Å²) in [6.45, 7) is 0. The van der Waals surface area contributed by atoms with Crippen LogP contribution in [0.25, 0.3) is 11.1 Å². The topological polar surface area (TPSA) is 63.6 Å². The van der Waals surface area contributed by atoms with Crippen LogP contribution in [0.15, 0.2) is 72.8 Å². The van der Waals surface area contributed by atoms with E-state index in [4.69, 9.17) is 4.74 Å². The van der Waals surface area contributed by atoms with E-state index >= 15 is 0 Å². The van der Waals surface area contributed by atoms with Crippen molar-refractivity contribution in [3.05, 3.63) is 89.5 Å². The first kappa shape index (κ1) is 19.2. The lowest BCUT2D eigenvalue weighted by Crippen LogP contribution is -2.16. The van der Waals surface area contributed by atoms with Crippen molar-refractivity contribution in [2.75, 3.05) is 0 Å². The van der Waals surface area contributed by atoms with Gasteiger partial charge < -0.3 is 9.84 Å². The Morgan fingerprint density at radius 3 is 2.04 bits per heavy atom. The molecular weight excluding hydrogens is 373 g/mol. The highest BCUT2D eigenvalue weighted by Gasteiger charge is 2.35. The Hall–Kier alpha value is -3.61. The molecule has 3 rings (SSSR count). The van der Waals surface area contributed by atoms with E-state index in [1.165, 1.54) is 30.3 Å². The number of ether oxygens (including phenoxy) is 1. The normalized spacial score (nSPS) is 11.1. The second-order valence-electron chi connectivity index (χ2n) is 5.78. The van der Waals surface area contributed by atoms with Crippen molar-refractivity contribution >= 4 is 11.9 Å². The standard InChI is InChI=1S/C21H13F3O4/c22-21(23,24)16-11-4-5-12-17(16)28-20(27)15-10-6-9-14(19(25)26)18(15)13-7-2-1-3-8-13/h1-12H,(H,25,26). The zero-order valence-electron chi connectivity index (χ0n) is 14.2. The smallest absolute Gasteiger partial charge is 0.419 e. The van der Waals surface area contributed by atoms with Gasteiger partial charge in [0.2, 0.25) is 0 Å². The third-order valence-corrected chi connectivity index (χ3v) is 3.97. The van der Waals surface area contributed by atoms with Crippen LogP contribution in [-0.2, 0) is 6.18 Å². The van der Waals surface area contributed by atoms with Crippen molar-refractivity contribution in [3.63, 3.8) is 0 Å². The van der Waals surface area contributed by atoms with E-state index in [0.717, 1.165) is 12.1 Å². The maximum absolute atomic E-state index is 13.1. The summed E-state index contributed by atoms with van der Waals surface area (Å²) in [5, 5.41) is 9.47. The van der Waals surface area contributed by atoms with Gasteiger partial charge in [-0.1, -0.05) is 48.5 Å². The van der Waals surface area contributed by atoms with Crippen molar-refractivity contribution in [2.24, 2.45) is 0 Å². The number of esters is 1. The highest BCUT2D eigenvalue weighted by atomic mass is 19.4. The van der Waals surface area contributed by atoms with E-state index in [0.29, 0.717) is 5.56 Å². The molecule has 0 aliphatic heterocycles. The van der Waals surface area contributed by atoms with Gasteiger partial charge in [0.1, 0.15) is 5.75 Å². The first-order chi connectivity index (χ1) is 13.3. The zero-order valence-corrected chi connectivity index (χ0v) is 14.2. The number of carboxylic acid groups (broad SMARTS) is 1. The molecule has 7 heteroatoms. The van der Waals surface area contributed by atoms with E-state index in [-0.39, 0.29) is 16.7 Å². The fourth-order valence-corrected chi connectivity index (χ4v) is 2.76. The maximum atomic E-state index is 13.1. The Morgan fingerprint density at radius 2 is 1.39 bits per heavy atom. The molecule has 0 bridgehead atoms. The van der Waals surface area contributed by atoms with Crippen LogP contribution in [0, 0.1) is 0 Å². The lowest BCUT2D eigenvalue weighted by Gasteiger charge is -2.15. The number of benzene rings is 3. The number of carbonyl (C=O) groups excluding carboxylic acids is 1. The first-order valence-corrected chi connectivity index (χ1v) is 8.09. The number of hydrogen-bond acceptors (Lipinski definition) is 3. The molecule has 0 saturated carbocycles. The van der Waals surface area contributed by atoms with Crippen molar-refractivity contribution in [3.8, 4) is 16.9 Å². The van der Waals surface area contributed by atoms with Crippen LogP contribution >= 0.6 is 0 Å². The number of halogens is 3. The molecular formula is C21H13F3O4. The summed E-state index contributed by atoms with van der Waals surface area (Å²) in [5.41, 5.74) is -0.909. The lowest BCUT2D eigenvalue weighted by atomic mass is 9.94. The highest BCUT2D eigenvalue weighted by molar-refractivity contribution is 6.06. The first-order valence-electron chi connectivity index (χ1n) is 8.09. The molecule has 28 heavy (non-hydrogen) atoms. The van der Waals surface area contributed by atoms with E-state index < -0.39 is 29.4 Å². The predicted molar refractivity (Wildman–Crippen MR) is 95.2 cm³/mol. The third-order valence-electron chi connectivity index (χ3n) is 3.97. The fraction of sp³-hybridized carbons (Fsp3) is 0.0476. The fourth-order valence-electron chi connectivity index (χ4n) is 2.76. The molecule has 3 aromatic carbocycles. The lowest BCUT2D eigenvalue weighted by molar-refractivity contribution is -0.138. The van der Waals surface area contributed by atoms with Crippen LogP contribution in [0.5, 0.6) is 5.75 Å². The molecule has 0 spiro atoms. The average molecular weight is 386 g/mol. The molecule has 0 heterocycles. The molecule has 3 aromatic rings. The van der Waals surface area contributed by atoms with Crippen molar-refractivity contribution in [1.29, 1.82) is 0 Å². The number of aromatic carboxylic acids is 1. The Morgan fingerprint density at radius 1 is 0.786 bits per heavy atom. The second-order valence-corrected chi connectivity index (χ2v) is 5.78. The van der Waals surface area contributed by atoms with E-state index in [1.54, 1.807) is 30.3 Å². The van der Waals surface area contributed by atoms with Gasteiger partial charge in [0.15, 0.2) is 0 Å². The molecule has 0 fully saturated rings. The zero-order chi connectivity index (χ0) is 20.3. The molecule has 0 unspecified atom stereocenters. The summed E-state index contributed by atoms with van der Waals surface area (Å²) in [5.74, 6) is -3.01. The van der Waals surface area contributed by atoms with Gasteiger partial charge in [0.05, 0.1) is 16.7 Å². The van der Waals surface area contributed by atoms with Crippen molar-refractivity contribution in [2.45, 2.75) is 6.18 Å². The largest absolute Gasteiger partial charge is 0.478 e. The third kappa shape index (κ3) is 3.88. The number of rotatable bonds is 4. The van der Waals surface area contributed by atoms with Crippen molar-refractivity contribution < 1.29 is 32.6 Å². The van der Waals surface area contributed by atoms with Gasteiger partial charge in [-0.3, -0.25) is 0 Å². The second kappa shape index (κ2) is 7.56. The maximum Gasteiger partial charge on any atom is 0.419 e. The minimum absolute atomic E-state index is 0.0742. The van der Waals surface area contributed by atoms with Gasteiger partial charge in [0, 0.05) is 5.56 Å². The van der Waals surface area contributed by atoms with Gasteiger partial charge in [0.25, 0.3) is 0 Å². The highest BCUT2D eigenvalue weighted by Crippen LogP contribution is 2.37. The summed E-state index contributed by atoms with van der Waals surface area (Å²) in [6, 6.07) is 16.5. The van der Waals surface area contributed by atoms with Gasteiger partial charge in [-0.05, 0) is 29.8 Å². The molecule has 0 atom stereocenters. The van der Waals surface area contributed by atoms with E-state index in [2.05, 4.69) is 0 Å². The van der Waals surface area contributed by atoms with Crippen LogP contribution in [-0.4, -0.2) is 17.0 Å². The molecule has 0 aliphatic rings. The summed E-state index contributed by atoms with van der Waals surface area (Å²) in [6.07, 6.45) is -4.71. The monoisotopic (exact) mass is 386 g/mol. The van der Waals surface area contributed by atoms with Gasteiger partial charge >= 0.3 is 18.1 Å². The SMILES string of the molecule is O=C(O)c1cccc(C(=O)Oc2ccccc2C(F)(F)F)c1-c1ccccc1. The minimum atomic E-state index is -4.71. The Kier molecular flexibility index (Phi) is 5.17. The Balaban J connectivity index is 2.09. The van der Waals surface area contributed by atoms with E-state index in [9.17, 15) is 27.9 Å². The number of carbonyl (C=O) groups is 2. The molecule has 0 aromatic heterocycles. The van der Waals surface area contributed by atoms with Crippen molar-refractivity contribution in [1.82, 2.24) is 0 Å². The van der Waals surface area contributed by atoms with Crippen LogP contribution in [0.2, 0.25) is 0 Å². The summed E-state index contributed by atoms with van der Waals surface area (Å²) in [4.78, 5) is 24.3. The molecule has 0 radical (unpaired) electrons. The molecule has 142 valence electrons. The molecule has 0 amide bonds. The van der Waals surface area contributed by atoms with E-state index in [1.807, 2.05) is 0 Å². The predicted octanol–water partition coefficient (Wildman–Crippen LogP) is 5.29. The van der Waals surface area contributed by atoms with Crippen LogP contribution in [0.3, 0.4) is 0 Å².